The molecule has 1 fully saturated rings. The highest BCUT2D eigenvalue weighted by Crippen LogP contribution is 2.20. The third-order valence-electron chi connectivity index (χ3n) is 11.5. The summed E-state index contributed by atoms with van der Waals surface area (Å²) in [5, 5.41) is 0. The van der Waals surface area contributed by atoms with Crippen LogP contribution in [0.25, 0.3) is 0 Å². The van der Waals surface area contributed by atoms with Crippen molar-refractivity contribution in [3.8, 4) is 0 Å². The van der Waals surface area contributed by atoms with E-state index in [9.17, 15) is 47.9 Å². The molecule has 0 aliphatic carbocycles. The van der Waals surface area contributed by atoms with Crippen molar-refractivity contribution in [3.05, 3.63) is 0 Å². The molecule has 400 valence electrons. The van der Waals surface area contributed by atoms with Gasteiger partial charge >= 0.3 is 59.7 Å². The van der Waals surface area contributed by atoms with E-state index in [0.29, 0.717) is 0 Å². The standard InChI is InChI=1S/C50H80O20/c1-11-31-21-41(51)62-33(13-3)23-43(53)64-35(15-5)25-45(55)66-37(17-7)27-47(57)68-39(19-9)29-49(59)70-40(20-10)30-50(60)69-38(18-8)28-48(58)67-36(16-6)26-46(56)65-34(14-4)24-44(54)63-32(12-2)22-42(52)61-31/h31-40H,11-30H2,1-10H3/t31-,32-,33-,34-,35-,36?,37?,38?,39?,40?/m1/s1. The first kappa shape index (κ1) is 62.7. The highest BCUT2D eigenvalue weighted by molar-refractivity contribution is 5.78. The second-order valence-corrected chi connectivity index (χ2v) is 17.2. The third-order valence-corrected chi connectivity index (χ3v) is 11.5. The summed E-state index contributed by atoms with van der Waals surface area (Å²) in [6, 6.07) is 0. The highest BCUT2D eigenvalue weighted by atomic mass is 16.6. The van der Waals surface area contributed by atoms with Gasteiger partial charge in [0.2, 0.25) is 0 Å². The lowest BCUT2D eigenvalue weighted by atomic mass is 10.1. The van der Waals surface area contributed by atoms with Gasteiger partial charge < -0.3 is 47.4 Å². The Labute approximate surface area is 412 Å². The maximum atomic E-state index is 13.0. The zero-order valence-electron chi connectivity index (χ0n) is 43.1. The van der Waals surface area contributed by atoms with Crippen LogP contribution in [0.2, 0.25) is 0 Å². The van der Waals surface area contributed by atoms with Crippen LogP contribution in [-0.4, -0.2) is 121 Å². The first-order chi connectivity index (χ1) is 33.3. The molecule has 1 aliphatic heterocycles. The van der Waals surface area contributed by atoms with Gasteiger partial charge in [0.05, 0.1) is 64.2 Å². The zero-order valence-corrected chi connectivity index (χ0v) is 43.1. The van der Waals surface area contributed by atoms with E-state index in [1.807, 2.05) is 0 Å². The minimum atomic E-state index is -0.886. The summed E-state index contributed by atoms with van der Waals surface area (Å²) in [5.41, 5.74) is 0. The van der Waals surface area contributed by atoms with E-state index in [1.165, 1.54) is 0 Å². The van der Waals surface area contributed by atoms with Crippen LogP contribution in [0.15, 0.2) is 0 Å². The van der Waals surface area contributed by atoms with Crippen molar-refractivity contribution in [2.75, 3.05) is 0 Å². The smallest absolute Gasteiger partial charge is 0.309 e. The molecule has 0 saturated carbocycles. The van der Waals surface area contributed by atoms with Gasteiger partial charge in [-0.25, -0.2) is 0 Å². The average Bonchev–Trinajstić information content (AvgIpc) is 3.30. The molecule has 0 aromatic carbocycles. The van der Waals surface area contributed by atoms with Gasteiger partial charge in [-0.15, -0.1) is 0 Å². The molecule has 0 spiro atoms. The fourth-order valence-electron chi connectivity index (χ4n) is 6.89. The van der Waals surface area contributed by atoms with Crippen LogP contribution in [0.4, 0.5) is 0 Å². The molecular formula is C50H80O20. The van der Waals surface area contributed by atoms with Gasteiger partial charge in [0.1, 0.15) is 61.0 Å². The quantitative estimate of drug-likeness (QED) is 0.156. The first-order valence-corrected chi connectivity index (χ1v) is 25.2. The van der Waals surface area contributed by atoms with E-state index in [0.717, 1.165) is 0 Å². The van der Waals surface area contributed by atoms with E-state index in [2.05, 4.69) is 0 Å². The van der Waals surface area contributed by atoms with E-state index in [4.69, 9.17) is 47.4 Å². The fourth-order valence-corrected chi connectivity index (χ4v) is 6.89. The molecule has 1 rings (SSSR count). The Bertz CT molecular complexity index is 1200. The van der Waals surface area contributed by atoms with Crippen molar-refractivity contribution in [3.63, 3.8) is 0 Å². The van der Waals surface area contributed by atoms with Crippen molar-refractivity contribution in [1.29, 1.82) is 0 Å². The minimum absolute atomic E-state index is 0.246. The first-order valence-electron chi connectivity index (χ1n) is 25.2. The number of esters is 10. The summed E-state index contributed by atoms with van der Waals surface area (Å²) < 4.78 is 55.3. The number of carbonyl (C=O) groups excluding carboxylic acids is 10. The van der Waals surface area contributed by atoms with Crippen LogP contribution in [0.5, 0.6) is 0 Å². The van der Waals surface area contributed by atoms with Crippen LogP contribution in [0.3, 0.4) is 0 Å². The average molecular weight is 1000 g/mol. The topological polar surface area (TPSA) is 263 Å². The summed E-state index contributed by atoms with van der Waals surface area (Å²) >= 11 is 0. The number of hydrogen-bond donors (Lipinski definition) is 0. The van der Waals surface area contributed by atoms with E-state index < -0.39 is 121 Å². The van der Waals surface area contributed by atoms with E-state index in [-0.39, 0.29) is 128 Å². The lowest BCUT2D eigenvalue weighted by molar-refractivity contribution is -0.166. The predicted octanol–water partition coefficient (Wildman–Crippen LogP) is 7.12. The maximum Gasteiger partial charge on any atom is 0.309 e. The molecule has 20 heteroatoms. The Morgan fingerprint density at radius 2 is 0.271 bits per heavy atom. The van der Waals surface area contributed by atoms with Crippen LogP contribution in [-0.2, 0) is 95.3 Å². The van der Waals surface area contributed by atoms with E-state index >= 15 is 0 Å². The highest BCUT2D eigenvalue weighted by Gasteiger charge is 2.30. The molecule has 0 bridgehead atoms. The van der Waals surface area contributed by atoms with Crippen LogP contribution in [0, 0.1) is 0 Å². The van der Waals surface area contributed by atoms with Crippen molar-refractivity contribution >= 4 is 59.7 Å². The number of hydrogen-bond acceptors (Lipinski definition) is 20. The molecule has 20 nitrogen and oxygen atoms in total. The molecule has 1 heterocycles. The Balaban J connectivity index is 3.25. The Morgan fingerprint density at radius 3 is 0.329 bits per heavy atom. The Morgan fingerprint density at radius 1 is 0.200 bits per heavy atom. The number of ether oxygens (including phenoxy) is 10. The van der Waals surface area contributed by atoms with Crippen molar-refractivity contribution in [2.45, 2.75) is 259 Å². The molecule has 0 aromatic rings. The lowest BCUT2D eigenvalue weighted by Crippen LogP contribution is -2.31. The molecule has 0 N–H and O–H groups in total. The molecule has 10 atom stereocenters. The molecule has 0 radical (unpaired) electrons. The van der Waals surface area contributed by atoms with Crippen LogP contribution in [0.1, 0.15) is 198 Å². The molecule has 1 saturated heterocycles. The second-order valence-electron chi connectivity index (χ2n) is 17.2. The maximum absolute atomic E-state index is 13.0. The third kappa shape index (κ3) is 26.6. The predicted molar refractivity (Wildman–Crippen MR) is 248 cm³/mol. The second kappa shape index (κ2) is 34.9. The van der Waals surface area contributed by atoms with Crippen molar-refractivity contribution < 1.29 is 95.3 Å². The number of carbonyl (C=O) groups is 10. The summed E-state index contributed by atoms with van der Waals surface area (Å²) in [6.07, 6.45) is -9.58. The summed E-state index contributed by atoms with van der Waals surface area (Å²) in [4.78, 5) is 130. The summed E-state index contributed by atoms with van der Waals surface area (Å²) in [6.45, 7) is 17.0. The van der Waals surface area contributed by atoms with Crippen LogP contribution < -0.4 is 0 Å². The van der Waals surface area contributed by atoms with E-state index in [1.54, 1.807) is 69.2 Å². The largest absolute Gasteiger partial charge is 0.462 e. The Kier molecular flexibility index (Phi) is 31.3. The minimum Gasteiger partial charge on any atom is -0.462 e. The monoisotopic (exact) mass is 1000 g/mol. The van der Waals surface area contributed by atoms with Crippen molar-refractivity contribution in [1.82, 2.24) is 0 Å². The molecule has 0 amide bonds. The van der Waals surface area contributed by atoms with Gasteiger partial charge in [0.15, 0.2) is 0 Å². The SMILES string of the molecule is CCC1CC(=O)OC(CC)CC(=O)OC(CC)CC(=O)O[C@H](CC)CC(=O)O[C@H](CC)CC(=O)O[C@H](CC)CC(=O)O[C@H](CC)CC(=O)O[C@H](CC)CC(=O)OC(CC)CC(=O)OC(CC)CC(=O)O1. The number of rotatable bonds is 10. The molecular weight excluding hydrogens is 921 g/mol. The van der Waals surface area contributed by atoms with Gasteiger partial charge in [-0.05, 0) is 64.2 Å². The van der Waals surface area contributed by atoms with Gasteiger partial charge in [0, 0.05) is 0 Å². The van der Waals surface area contributed by atoms with Crippen LogP contribution >= 0.6 is 0 Å². The van der Waals surface area contributed by atoms with Crippen molar-refractivity contribution in [2.24, 2.45) is 0 Å². The molecule has 70 heavy (non-hydrogen) atoms. The summed E-state index contributed by atoms with van der Waals surface area (Å²) in [5.74, 6) is -7.28. The van der Waals surface area contributed by atoms with Gasteiger partial charge in [-0.1, -0.05) is 69.2 Å². The van der Waals surface area contributed by atoms with Gasteiger partial charge in [0.25, 0.3) is 0 Å². The normalized spacial score (nSPS) is 28.7. The molecule has 5 unspecified atom stereocenters. The zero-order chi connectivity index (χ0) is 52.8. The van der Waals surface area contributed by atoms with Gasteiger partial charge in [-0.2, -0.15) is 0 Å². The molecule has 0 aromatic heterocycles. The fraction of sp³-hybridized carbons (Fsp3) is 0.800. The summed E-state index contributed by atoms with van der Waals surface area (Å²) in [7, 11) is 0. The molecule has 1 aliphatic rings. The number of cyclic esters (lactones) is 10. The van der Waals surface area contributed by atoms with Gasteiger partial charge in [-0.3, -0.25) is 47.9 Å². The lowest BCUT2D eigenvalue weighted by Gasteiger charge is -2.23. The Hall–Kier alpha value is -5.30.